The van der Waals surface area contributed by atoms with Gasteiger partial charge in [-0.15, -0.1) is 0 Å². The van der Waals surface area contributed by atoms with E-state index >= 15 is 0 Å². The zero-order chi connectivity index (χ0) is 14.5. The highest BCUT2D eigenvalue weighted by molar-refractivity contribution is 5.95. The van der Waals surface area contributed by atoms with E-state index in [1.807, 2.05) is 62.4 Å². The minimum atomic E-state index is -0.690. The summed E-state index contributed by atoms with van der Waals surface area (Å²) in [5.74, 6) is -0.152. The van der Waals surface area contributed by atoms with E-state index in [1.54, 1.807) is 0 Å². The van der Waals surface area contributed by atoms with Crippen LogP contribution in [0.1, 0.15) is 33.2 Å². The van der Waals surface area contributed by atoms with Crippen LogP contribution in [-0.4, -0.2) is 17.6 Å². The van der Waals surface area contributed by atoms with Crippen LogP contribution >= 0.6 is 0 Å². The second-order valence-corrected chi connectivity index (χ2v) is 4.95. The maximum atomic E-state index is 12.1. The molecule has 20 heavy (non-hydrogen) atoms. The predicted molar refractivity (Wildman–Crippen MR) is 79.7 cm³/mol. The molecule has 0 unspecified atom stereocenters. The average molecular weight is 269 g/mol. The number of nitrogens with one attached hydrogen (secondary N) is 1. The zero-order valence-electron chi connectivity index (χ0n) is 11.8. The van der Waals surface area contributed by atoms with E-state index in [9.17, 15) is 9.90 Å². The monoisotopic (exact) mass is 269 g/mol. The number of aliphatic hydroxyl groups is 1. The number of hydrogen-bond acceptors (Lipinski definition) is 2. The summed E-state index contributed by atoms with van der Waals surface area (Å²) in [6.07, 6.45) is -0.690. The lowest BCUT2D eigenvalue weighted by atomic mass is 10.0. The summed E-state index contributed by atoms with van der Waals surface area (Å²) in [6.45, 7) is 4.06. The molecule has 0 spiro atoms. The van der Waals surface area contributed by atoms with E-state index in [4.69, 9.17) is 0 Å². The van der Waals surface area contributed by atoms with Crippen molar-refractivity contribution in [2.75, 3.05) is 6.54 Å². The molecule has 0 aliphatic heterocycles. The summed E-state index contributed by atoms with van der Waals surface area (Å²) in [4.78, 5) is 12.1. The van der Waals surface area contributed by atoms with Crippen LogP contribution in [0.3, 0.4) is 0 Å². The first-order chi connectivity index (χ1) is 9.58. The molecule has 2 N–H and O–H groups in total. The van der Waals surface area contributed by atoms with Crippen LogP contribution in [0.15, 0.2) is 48.5 Å². The standard InChI is InChI=1S/C17H19NO2/c1-12-8-9-13(2)15(10-12)17(20)18-11-16(19)14-6-4-3-5-7-14/h3-10,16,19H,11H2,1-2H3,(H,18,20)/t16-/m1/s1. The van der Waals surface area contributed by atoms with Gasteiger partial charge in [-0.2, -0.15) is 0 Å². The molecule has 0 saturated carbocycles. The Balaban J connectivity index is 2.00. The summed E-state index contributed by atoms with van der Waals surface area (Å²) < 4.78 is 0. The first kappa shape index (κ1) is 14.3. The van der Waals surface area contributed by atoms with Crippen molar-refractivity contribution >= 4 is 5.91 Å². The molecule has 0 fully saturated rings. The van der Waals surface area contributed by atoms with Gasteiger partial charge in [0.1, 0.15) is 0 Å². The third kappa shape index (κ3) is 3.45. The van der Waals surface area contributed by atoms with Crippen molar-refractivity contribution in [3.05, 3.63) is 70.8 Å². The number of rotatable bonds is 4. The molecular formula is C17H19NO2. The maximum Gasteiger partial charge on any atom is 0.251 e. The predicted octanol–water partition coefficient (Wildman–Crippen LogP) is 2.77. The van der Waals surface area contributed by atoms with E-state index in [0.29, 0.717) is 5.56 Å². The lowest BCUT2D eigenvalue weighted by molar-refractivity contribution is 0.0915. The molecule has 0 aliphatic rings. The van der Waals surface area contributed by atoms with Gasteiger partial charge in [-0.1, -0.05) is 48.0 Å². The van der Waals surface area contributed by atoms with Gasteiger partial charge in [0.15, 0.2) is 0 Å². The third-order valence-corrected chi connectivity index (χ3v) is 3.28. The smallest absolute Gasteiger partial charge is 0.251 e. The van der Waals surface area contributed by atoms with Crippen LogP contribution in [0.4, 0.5) is 0 Å². The van der Waals surface area contributed by atoms with Crippen molar-refractivity contribution < 1.29 is 9.90 Å². The Hall–Kier alpha value is -2.13. The van der Waals surface area contributed by atoms with Crippen molar-refractivity contribution in [1.82, 2.24) is 5.32 Å². The third-order valence-electron chi connectivity index (χ3n) is 3.28. The van der Waals surface area contributed by atoms with E-state index in [-0.39, 0.29) is 12.5 Å². The van der Waals surface area contributed by atoms with Crippen LogP contribution < -0.4 is 5.32 Å². The fourth-order valence-corrected chi connectivity index (χ4v) is 2.06. The van der Waals surface area contributed by atoms with Crippen molar-refractivity contribution in [1.29, 1.82) is 0 Å². The minimum Gasteiger partial charge on any atom is -0.387 e. The molecule has 0 heterocycles. The summed E-state index contributed by atoms with van der Waals surface area (Å²) >= 11 is 0. The fraction of sp³-hybridized carbons (Fsp3) is 0.235. The van der Waals surface area contributed by atoms with Crippen LogP contribution in [0, 0.1) is 13.8 Å². The molecule has 0 aromatic heterocycles. The number of hydrogen-bond donors (Lipinski definition) is 2. The SMILES string of the molecule is Cc1ccc(C)c(C(=O)NC[C@@H](O)c2ccccc2)c1. The first-order valence-corrected chi connectivity index (χ1v) is 6.66. The van der Waals surface area contributed by atoms with E-state index in [2.05, 4.69) is 5.32 Å². The van der Waals surface area contributed by atoms with E-state index in [0.717, 1.165) is 16.7 Å². The van der Waals surface area contributed by atoms with Gasteiger partial charge in [-0.05, 0) is 31.0 Å². The highest BCUT2D eigenvalue weighted by Gasteiger charge is 2.12. The Morgan fingerprint density at radius 1 is 1.15 bits per heavy atom. The minimum absolute atomic E-state index is 0.152. The van der Waals surface area contributed by atoms with Crippen LogP contribution in [-0.2, 0) is 0 Å². The van der Waals surface area contributed by atoms with Gasteiger partial charge in [-0.3, -0.25) is 4.79 Å². The number of benzene rings is 2. The fourth-order valence-electron chi connectivity index (χ4n) is 2.06. The Morgan fingerprint density at radius 2 is 1.85 bits per heavy atom. The average Bonchev–Trinajstić information content (AvgIpc) is 2.47. The molecule has 2 rings (SSSR count). The molecule has 0 bridgehead atoms. The molecule has 0 aliphatic carbocycles. The van der Waals surface area contributed by atoms with Crippen molar-refractivity contribution in [2.45, 2.75) is 20.0 Å². The number of carbonyl (C=O) groups is 1. The van der Waals surface area contributed by atoms with Gasteiger partial charge in [0.2, 0.25) is 0 Å². The molecule has 104 valence electrons. The highest BCUT2D eigenvalue weighted by Crippen LogP contribution is 2.13. The zero-order valence-corrected chi connectivity index (χ0v) is 11.8. The van der Waals surface area contributed by atoms with Gasteiger partial charge in [-0.25, -0.2) is 0 Å². The molecular weight excluding hydrogens is 250 g/mol. The number of aliphatic hydroxyl groups excluding tert-OH is 1. The summed E-state index contributed by atoms with van der Waals surface area (Å²) in [7, 11) is 0. The Kier molecular flexibility index (Phi) is 4.53. The van der Waals surface area contributed by atoms with Gasteiger partial charge in [0, 0.05) is 12.1 Å². The molecule has 1 amide bonds. The van der Waals surface area contributed by atoms with Gasteiger partial charge in [0.25, 0.3) is 5.91 Å². The molecule has 2 aromatic carbocycles. The van der Waals surface area contributed by atoms with Crippen molar-refractivity contribution in [3.63, 3.8) is 0 Å². The molecule has 0 saturated heterocycles. The maximum absolute atomic E-state index is 12.1. The largest absolute Gasteiger partial charge is 0.387 e. The summed E-state index contributed by atoms with van der Waals surface area (Å²) in [5, 5.41) is 12.8. The second-order valence-electron chi connectivity index (χ2n) is 4.95. The van der Waals surface area contributed by atoms with Crippen LogP contribution in [0.2, 0.25) is 0 Å². The molecule has 2 aromatic rings. The van der Waals surface area contributed by atoms with Gasteiger partial charge >= 0.3 is 0 Å². The van der Waals surface area contributed by atoms with Crippen molar-refractivity contribution in [3.8, 4) is 0 Å². The van der Waals surface area contributed by atoms with Crippen molar-refractivity contribution in [2.24, 2.45) is 0 Å². The molecule has 0 radical (unpaired) electrons. The molecule has 1 atom stereocenters. The second kappa shape index (κ2) is 6.35. The lowest BCUT2D eigenvalue weighted by Gasteiger charge is -2.13. The molecule has 3 nitrogen and oxygen atoms in total. The first-order valence-electron chi connectivity index (χ1n) is 6.66. The summed E-state index contributed by atoms with van der Waals surface area (Å²) in [5.41, 5.74) is 3.44. The lowest BCUT2D eigenvalue weighted by Crippen LogP contribution is -2.29. The number of carbonyl (C=O) groups excluding carboxylic acids is 1. The Morgan fingerprint density at radius 3 is 2.55 bits per heavy atom. The normalized spacial score (nSPS) is 11.9. The molecule has 3 heteroatoms. The topological polar surface area (TPSA) is 49.3 Å². The van der Waals surface area contributed by atoms with Crippen LogP contribution in [0.25, 0.3) is 0 Å². The van der Waals surface area contributed by atoms with Gasteiger partial charge in [0.05, 0.1) is 6.10 Å². The Labute approximate surface area is 119 Å². The quantitative estimate of drug-likeness (QED) is 0.896. The number of amides is 1. The van der Waals surface area contributed by atoms with Gasteiger partial charge < -0.3 is 10.4 Å². The van der Waals surface area contributed by atoms with Crippen LogP contribution in [0.5, 0.6) is 0 Å². The van der Waals surface area contributed by atoms with E-state index < -0.39 is 6.10 Å². The highest BCUT2D eigenvalue weighted by atomic mass is 16.3. The Bertz CT molecular complexity index is 593. The number of aryl methyl sites for hydroxylation is 2. The van der Waals surface area contributed by atoms with E-state index in [1.165, 1.54) is 0 Å². The summed E-state index contributed by atoms with van der Waals surface area (Å²) in [6, 6.07) is 15.1.